The lowest BCUT2D eigenvalue weighted by Gasteiger charge is -2.24. The van der Waals surface area contributed by atoms with Gasteiger partial charge in [0.15, 0.2) is 0 Å². The van der Waals surface area contributed by atoms with Crippen LogP contribution < -0.4 is 15.2 Å². The van der Waals surface area contributed by atoms with Crippen molar-refractivity contribution in [1.29, 1.82) is 0 Å². The molecule has 2 rings (SSSR count). The number of hydrogen-bond acceptors (Lipinski definition) is 4. The summed E-state index contributed by atoms with van der Waals surface area (Å²) >= 11 is 0. The molecule has 0 amide bonds. The highest BCUT2D eigenvalue weighted by atomic mass is 16.5. The third kappa shape index (κ3) is 3.59. The van der Waals surface area contributed by atoms with E-state index in [-0.39, 0.29) is 0 Å². The van der Waals surface area contributed by atoms with Gasteiger partial charge in [-0.05, 0) is 30.2 Å². The molecule has 0 bridgehead atoms. The van der Waals surface area contributed by atoms with Gasteiger partial charge < -0.3 is 20.3 Å². The normalized spacial score (nSPS) is 13.5. The van der Waals surface area contributed by atoms with Crippen molar-refractivity contribution in [1.82, 2.24) is 0 Å². The van der Waals surface area contributed by atoms with Gasteiger partial charge in [-0.2, -0.15) is 0 Å². The molecule has 0 heterocycles. The number of methoxy groups -OCH3 is 2. The summed E-state index contributed by atoms with van der Waals surface area (Å²) in [5.41, 5.74) is 9.03. The fourth-order valence-electron chi connectivity index (χ4n) is 2.57. The smallest absolute Gasteiger partial charge is 0.127 e. The maximum Gasteiger partial charge on any atom is 0.127 e. The topological polar surface area (TPSA) is 64.7 Å². The molecule has 4 heteroatoms. The van der Waals surface area contributed by atoms with Crippen LogP contribution in [0.4, 0.5) is 0 Å². The average molecular weight is 301 g/mol. The van der Waals surface area contributed by atoms with Gasteiger partial charge in [-0.25, -0.2) is 0 Å². The molecule has 0 saturated carbocycles. The number of hydrogen-bond donors (Lipinski definition) is 2. The highest BCUT2D eigenvalue weighted by Crippen LogP contribution is 2.36. The average Bonchev–Trinajstić information content (AvgIpc) is 2.54. The van der Waals surface area contributed by atoms with E-state index < -0.39 is 12.1 Å². The van der Waals surface area contributed by atoms with Crippen LogP contribution in [0.25, 0.3) is 0 Å². The molecule has 2 atom stereocenters. The molecule has 0 aliphatic heterocycles. The van der Waals surface area contributed by atoms with E-state index in [2.05, 4.69) is 0 Å². The third-order valence-corrected chi connectivity index (χ3v) is 3.72. The Hall–Kier alpha value is -2.04. The lowest BCUT2D eigenvalue weighted by atomic mass is 9.94. The first kappa shape index (κ1) is 16.3. The van der Waals surface area contributed by atoms with Crippen LogP contribution in [-0.2, 0) is 6.42 Å². The summed E-state index contributed by atoms with van der Waals surface area (Å²) in [5, 5.41) is 10.5. The quantitative estimate of drug-likeness (QED) is 0.861. The lowest BCUT2D eigenvalue weighted by molar-refractivity contribution is 0.142. The Kier molecular flexibility index (Phi) is 5.41. The van der Waals surface area contributed by atoms with E-state index in [1.54, 1.807) is 14.2 Å². The van der Waals surface area contributed by atoms with Crippen molar-refractivity contribution in [3.8, 4) is 11.5 Å². The molecule has 22 heavy (non-hydrogen) atoms. The van der Waals surface area contributed by atoms with Gasteiger partial charge in [0.1, 0.15) is 11.5 Å². The van der Waals surface area contributed by atoms with Crippen LogP contribution in [0.15, 0.2) is 42.5 Å². The van der Waals surface area contributed by atoms with Crippen LogP contribution in [0.3, 0.4) is 0 Å². The van der Waals surface area contributed by atoms with Gasteiger partial charge in [0.25, 0.3) is 0 Å². The molecular weight excluding hydrogens is 278 g/mol. The number of aliphatic hydroxyl groups is 1. The summed E-state index contributed by atoms with van der Waals surface area (Å²) in [5.74, 6) is 1.27. The van der Waals surface area contributed by atoms with E-state index in [9.17, 15) is 5.11 Å². The Morgan fingerprint density at radius 3 is 2.09 bits per heavy atom. The highest BCUT2D eigenvalue weighted by Gasteiger charge is 2.25. The first-order valence-electron chi connectivity index (χ1n) is 7.27. The van der Waals surface area contributed by atoms with Crippen LogP contribution in [0.2, 0.25) is 0 Å². The molecule has 0 fully saturated rings. The molecule has 4 nitrogen and oxygen atoms in total. The van der Waals surface area contributed by atoms with Crippen molar-refractivity contribution in [2.75, 3.05) is 14.2 Å². The van der Waals surface area contributed by atoms with Gasteiger partial charge in [0, 0.05) is 6.42 Å². The zero-order valence-electron chi connectivity index (χ0n) is 13.2. The number of nitrogens with two attached hydrogens (primary N) is 1. The molecule has 0 spiro atoms. The first-order chi connectivity index (χ1) is 10.6. The number of benzene rings is 2. The fourth-order valence-corrected chi connectivity index (χ4v) is 2.57. The van der Waals surface area contributed by atoms with Gasteiger partial charge in [-0.3, -0.25) is 0 Å². The van der Waals surface area contributed by atoms with Crippen molar-refractivity contribution in [2.24, 2.45) is 5.73 Å². The molecule has 0 saturated heterocycles. The largest absolute Gasteiger partial charge is 0.496 e. The number of aryl methyl sites for hydroxylation is 1. The summed E-state index contributed by atoms with van der Waals surface area (Å²) in [6.45, 7) is 1.96. The van der Waals surface area contributed by atoms with Crippen molar-refractivity contribution < 1.29 is 14.6 Å². The molecule has 0 aromatic heterocycles. The van der Waals surface area contributed by atoms with Crippen molar-refractivity contribution >= 4 is 0 Å². The van der Waals surface area contributed by atoms with Crippen LogP contribution in [0.5, 0.6) is 11.5 Å². The zero-order valence-corrected chi connectivity index (χ0v) is 13.2. The minimum Gasteiger partial charge on any atom is -0.496 e. The Bertz CT molecular complexity index is 588. The predicted molar refractivity (Wildman–Crippen MR) is 87.4 cm³/mol. The monoisotopic (exact) mass is 301 g/mol. The Morgan fingerprint density at radius 1 is 1.05 bits per heavy atom. The first-order valence-corrected chi connectivity index (χ1v) is 7.27. The Balaban J connectivity index is 2.30. The zero-order chi connectivity index (χ0) is 16.1. The van der Waals surface area contributed by atoms with Crippen LogP contribution in [0, 0.1) is 6.92 Å². The molecule has 118 valence electrons. The van der Waals surface area contributed by atoms with Gasteiger partial charge >= 0.3 is 0 Å². The summed E-state index contributed by atoms with van der Waals surface area (Å²) < 4.78 is 10.8. The Morgan fingerprint density at radius 2 is 1.59 bits per heavy atom. The van der Waals surface area contributed by atoms with E-state index in [1.807, 2.05) is 49.4 Å². The number of rotatable bonds is 6. The van der Waals surface area contributed by atoms with Gasteiger partial charge in [0.2, 0.25) is 0 Å². The Labute approximate surface area is 131 Å². The molecule has 2 aromatic rings. The fraction of sp³-hybridized carbons (Fsp3) is 0.333. The van der Waals surface area contributed by atoms with Crippen molar-refractivity contribution in [2.45, 2.75) is 25.5 Å². The molecule has 0 aliphatic carbocycles. The molecular formula is C18H23NO3. The number of aliphatic hydroxyl groups excluding tert-OH is 1. The third-order valence-electron chi connectivity index (χ3n) is 3.72. The minimum atomic E-state index is -0.729. The molecule has 0 aliphatic rings. The van der Waals surface area contributed by atoms with Gasteiger partial charge in [-0.15, -0.1) is 0 Å². The van der Waals surface area contributed by atoms with Crippen molar-refractivity contribution in [3.05, 3.63) is 59.2 Å². The van der Waals surface area contributed by atoms with Crippen LogP contribution in [0.1, 0.15) is 22.7 Å². The SMILES string of the molecule is COc1cc(C)cc(OC)c1[C@@H](N)[C@@H](O)Cc1ccccc1. The summed E-state index contributed by atoms with van der Waals surface area (Å²) in [7, 11) is 3.18. The molecule has 3 N–H and O–H groups in total. The maximum atomic E-state index is 10.5. The lowest BCUT2D eigenvalue weighted by Crippen LogP contribution is -2.29. The molecule has 0 radical (unpaired) electrons. The summed E-state index contributed by atoms with van der Waals surface area (Å²) in [6.07, 6.45) is -0.254. The maximum absolute atomic E-state index is 10.5. The van der Waals surface area contributed by atoms with Crippen molar-refractivity contribution in [3.63, 3.8) is 0 Å². The van der Waals surface area contributed by atoms with E-state index in [1.165, 1.54) is 0 Å². The summed E-state index contributed by atoms with van der Waals surface area (Å²) in [6, 6.07) is 13.0. The standard InChI is InChI=1S/C18H23NO3/c1-12-9-15(21-2)17(16(10-12)22-3)18(19)14(20)11-13-7-5-4-6-8-13/h4-10,14,18,20H,11,19H2,1-3H3/t14-,18-/m0/s1. The van der Waals surface area contributed by atoms with Gasteiger partial charge in [-0.1, -0.05) is 30.3 Å². The second-order valence-electron chi connectivity index (χ2n) is 5.37. The predicted octanol–water partition coefficient (Wildman–Crippen LogP) is 2.62. The number of ether oxygens (including phenoxy) is 2. The van der Waals surface area contributed by atoms with E-state index in [0.29, 0.717) is 23.5 Å². The second kappa shape index (κ2) is 7.29. The van der Waals surface area contributed by atoms with E-state index in [0.717, 1.165) is 11.1 Å². The van der Waals surface area contributed by atoms with Crippen LogP contribution >= 0.6 is 0 Å². The molecule has 0 unspecified atom stereocenters. The molecule has 2 aromatic carbocycles. The summed E-state index contributed by atoms with van der Waals surface area (Å²) in [4.78, 5) is 0. The van der Waals surface area contributed by atoms with E-state index >= 15 is 0 Å². The highest BCUT2D eigenvalue weighted by molar-refractivity contribution is 5.50. The van der Waals surface area contributed by atoms with E-state index in [4.69, 9.17) is 15.2 Å². The second-order valence-corrected chi connectivity index (χ2v) is 5.37. The minimum absolute atomic E-state index is 0.474. The van der Waals surface area contributed by atoms with Gasteiger partial charge in [0.05, 0.1) is 31.9 Å². The van der Waals surface area contributed by atoms with Crippen LogP contribution in [-0.4, -0.2) is 25.4 Å².